The second-order valence-corrected chi connectivity index (χ2v) is 13.8. The van der Waals surface area contributed by atoms with E-state index in [1.807, 2.05) is 111 Å². The van der Waals surface area contributed by atoms with Crippen LogP contribution < -0.4 is 0 Å². The van der Waals surface area contributed by atoms with E-state index in [-0.39, 0.29) is 17.7 Å². The Bertz CT molecular complexity index is 1530. The highest BCUT2D eigenvalue weighted by atomic mass is 35.5. The molecule has 7 nitrogen and oxygen atoms in total. The van der Waals surface area contributed by atoms with Gasteiger partial charge in [-0.3, -0.25) is 4.90 Å². The number of hydrogen-bond acceptors (Lipinski definition) is 5. The molecule has 0 saturated carbocycles. The van der Waals surface area contributed by atoms with Crippen LogP contribution in [-0.4, -0.2) is 64.5 Å². The summed E-state index contributed by atoms with van der Waals surface area (Å²) in [6.45, 7) is 16.9. The Balaban J connectivity index is 0.000000651. The van der Waals surface area contributed by atoms with Gasteiger partial charge in [-0.15, -0.1) is 0 Å². The summed E-state index contributed by atoms with van der Waals surface area (Å²) in [7, 11) is 4.01. The number of nitrogens with zero attached hydrogens (tertiary/aromatic N) is 1. The Morgan fingerprint density at radius 1 is 0.909 bits per heavy atom. The molecular formula is C36H46ClNO6. The minimum atomic E-state index is -1.13. The SMILES string of the molecule is CC(C)(C)OCC(=O)O.Cc1cc2ccc(C#CC(C)(C)N(C)C)cc2c(-c2ccc(Cl)cc2)c1C(OC(C)(C)C)C(=O)O. The van der Waals surface area contributed by atoms with E-state index in [1.54, 1.807) is 0 Å². The third kappa shape index (κ3) is 10.9. The zero-order chi connectivity index (χ0) is 33.6. The van der Waals surface area contributed by atoms with E-state index in [0.717, 1.165) is 33.0 Å². The van der Waals surface area contributed by atoms with Gasteiger partial charge in [0.2, 0.25) is 0 Å². The molecule has 3 aromatic rings. The summed E-state index contributed by atoms with van der Waals surface area (Å²) in [4.78, 5) is 24.5. The second kappa shape index (κ2) is 14.6. The van der Waals surface area contributed by atoms with Crippen LogP contribution in [-0.2, 0) is 19.1 Å². The number of aryl methyl sites for hydroxylation is 1. The van der Waals surface area contributed by atoms with E-state index in [2.05, 4.69) is 30.6 Å². The average molecular weight is 624 g/mol. The molecule has 0 fully saturated rings. The monoisotopic (exact) mass is 623 g/mol. The number of rotatable bonds is 7. The maximum Gasteiger partial charge on any atom is 0.337 e. The Kier molecular flexibility index (Phi) is 12.2. The molecule has 0 radical (unpaired) electrons. The molecule has 1 unspecified atom stereocenters. The molecule has 2 N–H and O–H groups in total. The van der Waals surface area contributed by atoms with Crippen LogP contribution in [0.25, 0.3) is 21.9 Å². The van der Waals surface area contributed by atoms with Gasteiger partial charge in [0.1, 0.15) is 6.61 Å². The maximum absolute atomic E-state index is 12.5. The van der Waals surface area contributed by atoms with Crippen LogP contribution in [0.4, 0.5) is 0 Å². The first-order chi connectivity index (χ1) is 20.1. The first kappa shape index (κ1) is 36.8. The number of benzene rings is 3. The van der Waals surface area contributed by atoms with Crippen molar-refractivity contribution in [3.8, 4) is 23.0 Å². The quantitative estimate of drug-likeness (QED) is 0.258. The summed E-state index contributed by atoms with van der Waals surface area (Å²) in [6, 6.07) is 15.6. The van der Waals surface area contributed by atoms with E-state index in [4.69, 9.17) is 26.2 Å². The summed E-state index contributed by atoms with van der Waals surface area (Å²) in [5.74, 6) is 4.70. The smallest absolute Gasteiger partial charge is 0.337 e. The molecule has 0 aliphatic carbocycles. The largest absolute Gasteiger partial charge is 0.480 e. The normalized spacial score (nSPS) is 12.7. The first-order valence-electron chi connectivity index (χ1n) is 14.4. The van der Waals surface area contributed by atoms with Gasteiger partial charge in [-0.05, 0) is 128 Å². The predicted octanol–water partition coefficient (Wildman–Crippen LogP) is 7.99. The predicted molar refractivity (Wildman–Crippen MR) is 178 cm³/mol. The topological polar surface area (TPSA) is 96.3 Å². The fourth-order valence-corrected chi connectivity index (χ4v) is 4.22. The highest BCUT2D eigenvalue weighted by Gasteiger charge is 2.31. The number of carbonyl (C=O) groups is 2. The van der Waals surface area contributed by atoms with Crippen molar-refractivity contribution < 1.29 is 29.3 Å². The van der Waals surface area contributed by atoms with E-state index in [9.17, 15) is 14.7 Å². The van der Waals surface area contributed by atoms with Crippen molar-refractivity contribution in [2.75, 3.05) is 20.7 Å². The van der Waals surface area contributed by atoms with Crippen LogP contribution in [0.3, 0.4) is 0 Å². The van der Waals surface area contributed by atoms with Crippen LogP contribution in [0.15, 0.2) is 48.5 Å². The molecule has 0 saturated heterocycles. The standard InChI is InChI=1S/C30H34ClNO3.C6H12O3/c1-19-17-22-10-9-20(15-16-30(5,6)32(7)8)18-24(22)26(21-11-13-23(31)14-12-21)25(19)27(28(33)34)35-29(2,3)4;1-6(2,3)9-4-5(7)8/h9-14,17-18,27H,1-8H3,(H,33,34);4H2,1-3H3,(H,7,8). The third-order valence-electron chi connectivity index (χ3n) is 6.74. The molecule has 0 bridgehead atoms. The molecule has 8 heteroatoms. The molecule has 0 spiro atoms. The van der Waals surface area contributed by atoms with Gasteiger partial charge in [0, 0.05) is 16.1 Å². The Morgan fingerprint density at radius 2 is 1.50 bits per heavy atom. The number of aliphatic carboxylic acids is 2. The van der Waals surface area contributed by atoms with Gasteiger partial charge in [-0.1, -0.05) is 47.7 Å². The lowest BCUT2D eigenvalue weighted by Gasteiger charge is -2.28. The number of carboxylic acid groups (broad SMARTS) is 2. The summed E-state index contributed by atoms with van der Waals surface area (Å²) < 4.78 is 11.0. The number of carboxylic acids is 2. The number of fused-ring (bicyclic) bond motifs is 1. The Labute approximate surface area is 267 Å². The summed E-state index contributed by atoms with van der Waals surface area (Å²) in [6.07, 6.45) is -1.13. The van der Waals surface area contributed by atoms with Gasteiger partial charge < -0.3 is 19.7 Å². The molecule has 0 amide bonds. The summed E-state index contributed by atoms with van der Waals surface area (Å²) in [5, 5.41) is 20.9. The van der Waals surface area contributed by atoms with E-state index < -0.39 is 23.6 Å². The fraction of sp³-hybridized carbons (Fsp3) is 0.444. The van der Waals surface area contributed by atoms with Gasteiger partial charge in [0.15, 0.2) is 6.10 Å². The molecule has 238 valence electrons. The molecule has 0 aromatic heterocycles. The summed E-state index contributed by atoms with van der Waals surface area (Å²) >= 11 is 6.18. The maximum atomic E-state index is 12.5. The summed E-state index contributed by atoms with van der Waals surface area (Å²) in [5.41, 5.74) is 2.77. The number of halogens is 1. The lowest BCUT2D eigenvalue weighted by Crippen LogP contribution is -2.36. The number of ether oxygens (including phenoxy) is 2. The molecule has 1 atom stereocenters. The van der Waals surface area contributed by atoms with Crippen LogP contribution in [0.2, 0.25) is 5.02 Å². The van der Waals surface area contributed by atoms with Gasteiger partial charge in [-0.25, -0.2) is 9.59 Å². The number of hydrogen-bond donors (Lipinski definition) is 2. The van der Waals surface area contributed by atoms with Crippen molar-refractivity contribution in [3.63, 3.8) is 0 Å². The van der Waals surface area contributed by atoms with Crippen molar-refractivity contribution in [2.24, 2.45) is 0 Å². The van der Waals surface area contributed by atoms with Gasteiger partial charge in [-0.2, -0.15) is 0 Å². The highest BCUT2D eigenvalue weighted by molar-refractivity contribution is 6.30. The van der Waals surface area contributed by atoms with Gasteiger partial charge in [0.25, 0.3) is 0 Å². The van der Waals surface area contributed by atoms with E-state index >= 15 is 0 Å². The van der Waals surface area contributed by atoms with E-state index in [1.165, 1.54) is 0 Å². The van der Waals surface area contributed by atoms with Crippen LogP contribution in [0, 0.1) is 18.8 Å². The van der Waals surface area contributed by atoms with Crippen LogP contribution >= 0.6 is 11.6 Å². The molecule has 44 heavy (non-hydrogen) atoms. The van der Waals surface area contributed by atoms with Crippen molar-refractivity contribution >= 4 is 34.3 Å². The van der Waals surface area contributed by atoms with Crippen molar-refractivity contribution in [2.45, 2.75) is 85.2 Å². The van der Waals surface area contributed by atoms with E-state index in [0.29, 0.717) is 10.6 Å². The first-order valence-corrected chi connectivity index (χ1v) is 14.8. The fourth-order valence-electron chi connectivity index (χ4n) is 4.10. The molecule has 0 heterocycles. The molecule has 3 aromatic carbocycles. The minimum absolute atomic E-state index is 0.219. The zero-order valence-electron chi connectivity index (χ0n) is 27.8. The lowest BCUT2D eigenvalue weighted by molar-refractivity contribution is -0.160. The van der Waals surface area contributed by atoms with Gasteiger partial charge >= 0.3 is 11.9 Å². The second-order valence-electron chi connectivity index (χ2n) is 13.4. The van der Waals surface area contributed by atoms with Crippen molar-refractivity contribution in [3.05, 3.63) is 70.2 Å². The highest BCUT2D eigenvalue weighted by Crippen LogP contribution is 2.41. The zero-order valence-corrected chi connectivity index (χ0v) is 28.5. The Hall–Kier alpha value is -3.41. The molecule has 0 aliphatic heterocycles. The van der Waals surface area contributed by atoms with Crippen LogP contribution in [0.1, 0.15) is 78.2 Å². The van der Waals surface area contributed by atoms with Crippen LogP contribution in [0.5, 0.6) is 0 Å². The van der Waals surface area contributed by atoms with Crippen molar-refractivity contribution in [1.82, 2.24) is 4.90 Å². The molecular weight excluding hydrogens is 578 g/mol. The van der Waals surface area contributed by atoms with Crippen molar-refractivity contribution in [1.29, 1.82) is 0 Å². The minimum Gasteiger partial charge on any atom is -0.480 e. The third-order valence-corrected chi connectivity index (χ3v) is 6.99. The van der Waals surface area contributed by atoms with Gasteiger partial charge in [0.05, 0.1) is 16.7 Å². The molecule has 0 aliphatic rings. The Morgan fingerprint density at radius 3 is 1.95 bits per heavy atom. The molecule has 3 rings (SSSR count). The average Bonchev–Trinajstić information content (AvgIpc) is 2.89. The lowest BCUT2D eigenvalue weighted by atomic mass is 9.86.